The highest BCUT2D eigenvalue weighted by Gasteiger charge is 2.54. The molecular formula is C28H24ClF3N2O5S. The Morgan fingerprint density at radius 2 is 1.73 bits per heavy atom. The van der Waals surface area contributed by atoms with Crippen molar-refractivity contribution in [3.8, 4) is 0 Å². The number of nitrogens with zero attached hydrogens (tertiary/aromatic N) is 2. The Bertz CT molecular complexity index is 1700. The number of halogens is 4. The summed E-state index contributed by atoms with van der Waals surface area (Å²) in [5.41, 5.74) is -2.27. The van der Waals surface area contributed by atoms with E-state index in [0.29, 0.717) is 5.56 Å². The van der Waals surface area contributed by atoms with Crippen LogP contribution in [0, 0.1) is 6.92 Å². The molecule has 0 fully saturated rings. The van der Waals surface area contributed by atoms with Crippen LogP contribution in [0.5, 0.6) is 0 Å². The SMILES string of the molecule is COC(C)(c1ccc(CN(c2ncc3ccccc3c2C)S(=O)(=O)c2ccc(C(=O)O)cc2)cc1Cl)C(F)(F)F. The monoisotopic (exact) mass is 592 g/mol. The molecule has 0 amide bonds. The van der Waals surface area contributed by atoms with Crippen molar-refractivity contribution in [3.63, 3.8) is 0 Å². The van der Waals surface area contributed by atoms with Gasteiger partial charge in [-0.2, -0.15) is 13.2 Å². The summed E-state index contributed by atoms with van der Waals surface area (Å²) in [6.07, 6.45) is -3.24. The maximum atomic E-state index is 13.9. The van der Waals surface area contributed by atoms with E-state index in [4.69, 9.17) is 16.3 Å². The summed E-state index contributed by atoms with van der Waals surface area (Å²) in [5, 5.41) is 10.5. The van der Waals surface area contributed by atoms with Gasteiger partial charge in [0, 0.05) is 34.8 Å². The van der Waals surface area contributed by atoms with Crippen molar-refractivity contribution in [2.75, 3.05) is 11.4 Å². The van der Waals surface area contributed by atoms with E-state index in [-0.39, 0.29) is 39.0 Å². The lowest BCUT2D eigenvalue weighted by Crippen LogP contribution is -2.41. The molecule has 4 rings (SSSR count). The van der Waals surface area contributed by atoms with Crippen LogP contribution in [0.3, 0.4) is 0 Å². The number of aryl methyl sites for hydroxylation is 1. The highest BCUT2D eigenvalue weighted by atomic mass is 35.5. The Morgan fingerprint density at radius 3 is 2.30 bits per heavy atom. The van der Waals surface area contributed by atoms with E-state index in [0.717, 1.165) is 35.2 Å². The van der Waals surface area contributed by atoms with Crippen LogP contribution >= 0.6 is 11.6 Å². The summed E-state index contributed by atoms with van der Waals surface area (Å²) in [4.78, 5) is 15.5. The molecule has 210 valence electrons. The molecule has 0 saturated heterocycles. The highest BCUT2D eigenvalue weighted by Crippen LogP contribution is 2.44. The largest absolute Gasteiger partial charge is 0.478 e. The molecule has 0 aliphatic heterocycles. The highest BCUT2D eigenvalue weighted by molar-refractivity contribution is 7.92. The van der Waals surface area contributed by atoms with E-state index in [9.17, 15) is 31.5 Å². The van der Waals surface area contributed by atoms with Gasteiger partial charge in [0.15, 0.2) is 5.60 Å². The number of sulfonamides is 1. The van der Waals surface area contributed by atoms with Gasteiger partial charge in [0.05, 0.1) is 17.0 Å². The van der Waals surface area contributed by atoms with Crippen LogP contribution < -0.4 is 4.31 Å². The van der Waals surface area contributed by atoms with E-state index in [1.807, 2.05) is 18.2 Å². The quantitative estimate of drug-likeness (QED) is 0.244. The van der Waals surface area contributed by atoms with E-state index >= 15 is 0 Å². The molecule has 12 heteroatoms. The van der Waals surface area contributed by atoms with E-state index in [1.54, 1.807) is 13.0 Å². The summed E-state index contributed by atoms with van der Waals surface area (Å²) >= 11 is 6.30. The van der Waals surface area contributed by atoms with Crippen molar-refractivity contribution in [1.82, 2.24) is 4.98 Å². The molecule has 1 unspecified atom stereocenters. The number of pyridine rings is 1. The van der Waals surface area contributed by atoms with E-state index in [1.165, 1.54) is 42.6 Å². The van der Waals surface area contributed by atoms with Gasteiger partial charge in [-0.1, -0.05) is 48.0 Å². The fourth-order valence-corrected chi connectivity index (χ4v) is 6.16. The summed E-state index contributed by atoms with van der Waals surface area (Å²) in [5.74, 6) is -1.12. The number of carboxylic acid groups (broad SMARTS) is 1. The predicted molar refractivity (Wildman–Crippen MR) is 145 cm³/mol. The minimum absolute atomic E-state index is 0.0956. The smallest absolute Gasteiger partial charge is 0.421 e. The van der Waals surface area contributed by atoms with Gasteiger partial charge in [-0.25, -0.2) is 22.5 Å². The predicted octanol–water partition coefficient (Wildman–Crippen LogP) is 6.71. The Kier molecular flexibility index (Phi) is 7.85. The Hall–Kier alpha value is -3.67. The van der Waals surface area contributed by atoms with Gasteiger partial charge < -0.3 is 9.84 Å². The Labute approximate surface area is 233 Å². The normalized spacial score (nSPS) is 13.7. The molecule has 0 aliphatic rings. The fraction of sp³-hybridized carbons (Fsp3) is 0.214. The van der Waals surface area contributed by atoms with Gasteiger partial charge >= 0.3 is 12.1 Å². The van der Waals surface area contributed by atoms with Crippen molar-refractivity contribution in [3.05, 3.63) is 100 Å². The second-order valence-corrected chi connectivity index (χ2v) is 11.5. The minimum atomic E-state index is -4.77. The fourth-order valence-electron chi connectivity index (χ4n) is 4.31. The van der Waals surface area contributed by atoms with Crippen LogP contribution in [-0.4, -0.2) is 37.8 Å². The number of hydrogen-bond acceptors (Lipinski definition) is 5. The molecule has 1 heterocycles. The number of aromatic carboxylic acids is 1. The van der Waals surface area contributed by atoms with Gasteiger partial charge in [-0.05, 0) is 55.1 Å². The van der Waals surface area contributed by atoms with Gasteiger partial charge in [0.2, 0.25) is 0 Å². The van der Waals surface area contributed by atoms with Crippen molar-refractivity contribution >= 4 is 44.2 Å². The summed E-state index contributed by atoms with van der Waals surface area (Å²) in [6, 6.07) is 15.7. The second kappa shape index (κ2) is 10.7. The Balaban J connectivity index is 1.85. The standard InChI is InChI=1S/C28H24ClF3N2O5S/c1-17-22-7-5-4-6-20(22)15-33-25(17)34(40(37,38)21-11-9-19(10-12-21)26(35)36)16-18-8-13-23(24(29)14-18)27(2,39-3)28(30,31)32/h4-15H,16H2,1-3H3,(H,35,36). The lowest BCUT2D eigenvalue weighted by molar-refractivity contribution is -0.269. The zero-order valence-corrected chi connectivity index (χ0v) is 23.1. The third kappa shape index (κ3) is 5.24. The van der Waals surface area contributed by atoms with Gasteiger partial charge in [0.25, 0.3) is 10.0 Å². The first-order valence-corrected chi connectivity index (χ1v) is 13.6. The third-order valence-corrected chi connectivity index (χ3v) is 8.84. The molecular weight excluding hydrogens is 569 g/mol. The number of carboxylic acids is 1. The summed E-state index contributed by atoms with van der Waals surface area (Å²) < 4.78 is 75.0. The number of carbonyl (C=O) groups is 1. The molecule has 1 N–H and O–H groups in total. The number of rotatable bonds is 8. The van der Waals surface area contributed by atoms with E-state index in [2.05, 4.69) is 4.98 Å². The molecule has 4 aromatic rings. The molecule has 0 spiro atoms. The molecule has 0 aliphatic carbocycles. The van der Waals surface area contributed by atoms with Crippen LogP contribution in [0.2, 0.25) is 5.02 Å². The zero-order valence-electron chi connectivity index (χ0n) is 21.5. The number of ether oxygens (including phenoxy) is 1. The molecule has 3 aromatic carbocycles. The van der Waals surface area contributed by atoms with Crippen LogP contribution in [0.1, 0.15) is 34.0 Å². The van der Waals surface area contributed by atoms with Crippen LogP contribution in [0.15, 0.2) is 77.8 Å². The number of benzene rings is 3. The molecule has 1 aromatic heterocycles. The maximum absolute atomic E-state index is 13.9. The lowest BCUT2D eigenvalue weighted by Gasteiger charge is -2.32. The Morgan fingerprint density at radius 1 is 1.07 bits per heavy atom. The molecule has 1 atom stereocenters. The first-order chi connectivity index (χ1) is 18.7. The van der Waals surface area contributed by atoms with Gasteiger partial charge in [0.1, 0.15) is 5.82 Å². The second-order valence-electron chi connectivity index (χ2n) is 9.18. The molecule has 0 radical (unpaired) electrons. The summed E-state index contributed by atoms with van der Waals surface area (Å²) in [6.45, 7) is 2.24. The minimum Gasteiger partial charge on any atom is -0.478 e. The number of alkyl halides is 3. The molecule has 7 nitrogen and oxygen atoms in total. The average Bonchev–Trinajstić information content (AvgIpc) is 2.91. The summed E-state index contributed by atoms with van der Waals surface area (Å²) in [7, 11) is -3.41. The van der Waals surface area contributed by atoms with Crippen LogP contribution in [0.25, 0.3) is 10.8 Å². The number of methoxy groups -OCH3 is 1. The number of fused-ring (bicyclic) bond motifs is 1. The first kappa shape index (κ1) is 29.3. The molecule has 0 bridgehead atoms. The molecule has 40 heavy (non-hydrogen) atoms. The topological polar surface area (TPSA) is 96.8 Å². The molecule has 0 saturated carbocycles. The maximum Gasteiger partial charge on any atom is 0.421 e. The van der Waals surface area contributed by atoms with Crippen molar-refractivity contribution in [1.29, 1.82) is 0 Å². The zero-order chi connectivity index (χ0) is 29.5. The van der Waals surface area contributed by atoms with Crippen molar-refractivity contribution in [2.45, 2.75) is 37.1 Å². The van der Waals surface area contributed by atoms with Crippen molar-refractivity contribution in [2.24, 2.45) is 0 Å². The first-order valence-electron chi connectivity index (χ1n) is 11.8. The van der Waals surface area contributed by atoms with Gasteiger partial charge in [-0.3, -0.25) is 0 Å². The number of aromatic nitrogens is 1. The third-order valence-electron chi connectivity index (χ3n) is 6.77. The average molecular weight is 593 g/mol. The lowest BCUT2D eigenvalue weighted by atomic mass is 9.94. The number of anilines is 1. The number of hydrogen-bond donors (Lipinski definition) is 1. The van der Waals surface area contributed by atoms with E-state index < -0.39 is 27.8 Å². The van der Waals surface area contributed by atoms with Crippen LogP contribution in [-0.2, 0) is 26.9 Å². The van der Waals surface area contributed by atoms with Crippen molar-refractivity contribution < 1.29 is 36.2 Å². The van der Waals surface area contributed by atoms with Crippen LogP contribution in [0.4, 0.5) is 19.0 Å². The van der Waals surface area contributed by atoms with Gasteiger partial charge in [-0.15, -0.1) is 0 Å².